The van der Waals surface area contributed by atoms with E-state index >= 15 is 0 Å². The summed E-state index contributed by atoms with van der Waals surface area (Å²) in [6.45, 7) is 11.0. The quantitative estimate of drug-likeness (QED) is 0.305. The first-order valence-corrected chi connectivity index (χ1v) is 13.1. The topological polar surface area (TPSA) is 36.3 Å². The molecule has 1 aliphatic heterocycles. The van der Waals surface area contributed by atoms with Crippen molar-refractivity contribution in [2.45, 2.75) is 46.7 Å². The van der Waals surface area contributed by atoms with Gasteiger partial charge in [0, 0.05) is 43.1 Å². The standard InChI is InChI=1S/C31H35N5S/c1-19-16-20(2)29(21(3)17-19)35-22(4)18-26(23(35)5)30-28(27-10-8-9-15-32-27)33-31(37)36(30)25-13-11-24(12-14-25)34(6)7/h8-18,28,30H,1-7H3,(H,33,37)/t28-,30-/m1/s1. The first-order chi connectivity index (χ1) is 17.7. The molecule has 0 saturated carbocycles. The summed E-state index contributed by atoms with van der Waals surface area (Å²) in [5.41, 5.74) is 12.0. The van der Waals surface area contributed by atoms with E-state index in [-0.39, 0.29) is 12.1 Å². The van der Waals surface area contributed by atoms with Crippen LogP contribution < -0.4 is 15.1 Å². The van der Waals surface area contributed by atoms with Crippen LogP contribution in [0.25, 0.3) is 5.69 Å². The van der Waals surface area contributed by atoms with Gasteiger partial charge in [0.1, 0.15) is 0 Å². The van der Waals surface area contributed by atoms with Crippen LogP contribution >= 0.6 is 12.2 Å². The Morgan fingerprint density at radius 2 is 1.57 bits per heavy atom. The summed E-state index contributed by atoms with van der Waals surface area (Å²) < 4.78 is 2.41. The molecule has 1 N–H and O–H groups in total. The van der Waals surface area contributed by atoms with Gasteiger partial charge in [0.05, 0.1) is 23.5 Å². The summed E-state index contributed by atoms with van der Waals surface area (Å²) in [6.07, 6.45) is 1.86. The molecule has 0 aliphatic carbocycles. The van der Waals surface area contributed by atoms with Crippen molar-refractivity contribution in [2.24, 2.45) is 0 Å². The Bertz CT molecular complexity index is 1430. The van der Waals surface area contributed by atoms with Gasteiger partial charge in [-0.25, -0.2) is 0 Å². The molecular formula is C31H35N5S. The second-order valence-corrected chi connectivity index (χ2v) is 10.7. The molecule has 37 heavy (non-hydrogen) atoms. The first kappa shape index (κ1) is 25.0. The van der Waals surface area contributed by atoms with E-state index in [2.05, 4.69) is 117 Å². The number of nitrogens with one attached hydrogen (secondary N) is 1. The minimum Gasteiger partial charge on any atom is -0.378 e. The minimum absolute atomic E-state index is 0.0429. The lowest BCUT2D eigenvalue weighted by atomic mass is 9.96. The van der Waals surface area contributed by atoms with Crippen LogP contribution in [0.1, 0.15) is 51.4 Å². The highest BCUT2D eigenvalue weighted by molar-refractivity contribution is 7.80. The van der Waals surface area contributed by atoms with Crippen LogP contribution in [0.15, 0.2) is 66.9 Å². The number of aromatic nitrogens is 2. The molecule has 1 aliphatic rings. The maximum atomic E-state index is 5.96. The third-order valence-corrected chi connectivity index (χ3v) is 7.70. The molecule has 1 saturated heterocycles. The second-order valence-electron chi connectivity index (χ2n) is 10.3. The van der Waals surface area contributed by atoms with Gasteiger partial charge in [-0.05, 0) is 106 Å². The molecule has 3 heterocycles. The smallest absolute Gasteiger partial charge is 0.174 e. The number of anilines is 2. The highest BCUT2D eigenvalue weighted by Gasteiger charge is 2.42. The Labute approximate surface area is 225 Å². The number of hydrogen-bond acceptors (Lipinski definition) is 3. The molecular weight excluding hydrogens is 474 g/mol. The summed E-state index contributed by atoms with van der Waals surface area (Å²) in [7, 11) is 4.11. The van der Waals surface area contributed by atoms with Gasteiger partial charge in [-0.1, -0.05) is 23.8 Å². The number of rotatable bonds is 5. The highest BCUT2D eigenvalue weighted by Crippen LogP contribution is 2.44. The zero-order valence-corrected chi connectivity index (χ0v) is 23.5. The number of pyridine rings is 1. The Morgan fingerprint density at radius 1 is 0.892 bits per heavy atom. The van der Waals surface area contributed by atoms with Crippen molar-refractivity contribution in [3.8, 4) is 5.69 Å². The van der Waals surface area contributed by atoms with Gasteiger partial charge in [0.2, 0.25) is 0 Å². The predicted octanol–water partition coefficient (Wildman–Crippen LogP) is 6.66. The largest absolute Gasteiger partial charge is 0.378 e. The molecule has 5 rings (SSSR count). The van der Waals surface area contributed by atoms with Gasteiger partial charge < -0.3 is 19.7 Å². The van der Waals surface area contributed by atoms with Crippen molar-refractivity contribution in [1.82, 2.24) is 14.9 Å². The van der Waals surface area contributed by atoms with Crippen molar-refractivity contribution in [3.05, 3.63) is 106 Å². The molecule has 0 bridgehead atoms. The molecule has 0 radical (unpaired) electrons. The van der Waals surface area contributed by atoms with E-state index in [9.17, 15) is 0 Å². The zero-order chi connectivity index (χ0) is 26.4. The monoisotopic (exact) mass is 509 g/mol. The minimum atomic E-state index is -0.0728. The van der Waals surface area contributed by atoms with Crippen LogP contribution in [0.4, 0.5) is 11.4 Å². The van der Waals surface area contributed by atoms with Gasteiger partial charge >= 0.3 is 0 Å². The zero-order valence-electron chi connectivity index (χ0n) is 22.7. The third kappa shape index (κ3) is 4.40. The average Bonchev–Trinajstić information content (AvgIpc) is 3.35. The van der Waals surface area contributed by atoms with Crippen LogP contribution in [0, 0.1) is 34.6 Å². The second kappa shape index (κ2) is 9.67. The summed E-state index contributed by atoms with van der Waals surface area (Å²) in [6, 6.07) is 21.4. The normalized spacial score (nSPS) is 17.3. The van der Waals surface area contributed by atoms with Crippen LogP contribution in [0.3, 0.4) is 0 Å². The van der Waals surface area contributed by atoms with Gasteiger partial charge in [0.25, 0.3) is 0 Å². The number of benzene rings is 2. The molecule has 5 nitrogen and oxygen atoms in total. The third-order valence-electron chi connectivity index (χ3n) is 7.39. The van der Waals surface area contributed by atoms with E-state index in [0.717, 1.165) is 17.1 Å². The fourth-order valence-electron chi connectivity index (χ4n) is 5.82. The summed E-state index contributed by atoms with van der Waals surface area (Å²) in [5.74, 6) is 0. The van der Waals surface area contributed by atoms with Gasteiger partial charge in [-0.15, -0.1) is 0 Å². The van der Waals surface area contributed by atoms with Crippen molar-refractivity contribution >= 4 is 28.7 Å². The van der Waals surface area contributed by atoms with E-state index in [0.29, 0.717) is 5.11 Å². The number of thiocarbonyl (C=S) groups is 1. The Balaban J connectivity index is 1.69. The Hall–Kier alpha value is -3.64. The van der Waals surface area contributed by atoms with Crippen LogP contribution in [-0.2, 0) is 0 Å². The van der Waals surface area contributed by atoms with E-state index < -0.39 is 0 Å². The van der Waals surface area contributed by atoms with Crippen LogP contribution in [0.5, 0.6) is 0 Å². The Kier molecular flexibility index (Phi) is 6.54. The molecule has 2 aromatic carbocycles. The van der Waals surface area contributed by atoms with Gasteiger partial charge in [-0.2, -0.15) is 0 Å². The molecule has 0 spiro atoms. The number of nitrogens with zero attached hydrogens (tertiary/aromatic N) is 4. The van der Waals surface area contributed by atoms with Crippen LogP contribution in [0.2, 0.25) is 0 Å². The molecule has 0 amide bonds. The van der Waals surface area contributed by atoms with Gasteiger partial charge in [0.15, 0.2) is 5.11 Å². The molecule has 1 fully saturated rings. The molecule has 4 aromatic rings. The van der Waals surface area contributed by atoms with E-state index in [4.69, 9.17) is 17.2 Å². The summed E-state index contributed by atoms with van der Waals surface area (Å²) in [4.78, 5) is 9.10. The van der Waals surface area contributed by atoms with Gasteiger partial charge in [-0.3, -0.25) is 4.98 Å². The lowest BCUT2D eigenvalue weighted by Gasteiger charge is -2.29. The fourth-order valence-corrected chi connectivity index (χ4v) is 6.16. The summed E-state index contributed by atoms with van der Waals surface area (Å²) >= 11 is 5.96. The van der Waals surface area contributed by atoms with Crippen molar-refractivity contribution in [1.29, 1.82) is 0 Å². The lowest BCUT2D eigenvalue weighted by molar-refractivity contribution is 0.565. The summed E-state index contributed by atoms with van der Waals surface area (Å²) in [5, 5.41) is 4.32. The van der Waals surface area contributed by atoms with E-state index in [1.807, 2.05) is 18.3 Å². The molecule has 2 aromatic heterocycles. The lowest BCUT2D eigenvalue weighted by Crippen LogP contribution is -2.29. The van der Waals surface area contributed by atoms with Crippen molar-refractivity contribution in [3.63, 3.8) is 0 Å². The predicted molar refractivity (Wildman–Crippen MR) is 158 cm³/mol. The molecule has 6 heteroatoms. The first-order valence-electron chi connectivity index (χ1n) is 12.7. The molecule has 2 atom stereocenters. The molecule has 0 unspecified atom stereocenters. The van der Waals surface area contributed by atoms with E-state index in [1.165, 1.54) is 39.3 Å². The maximum absolute atomic E-state index is 5.96. The van der Waals surface area contributed by atoms with Crippen molar-refractivity contribution in [2.75, 3.05) is 23.9 Å². The number of hydrogen-bond donors (Lipinski definition) is 1. The van der Waals surface area contributed by atoms with E-state index in [1.54, 1.807) is 0 Å². The average molecular weight is 510 g/mol. The Morgan fingerprint density at radius 3 is 2.16 bits per heavy atom. The fraction of sp³-hybridized carbons (Fsp3) is 0.290. The SMILES string of the molecule is Cc1cc(C)c(-n2c(C)cc([C@@H]3[C@@H](c4ccccn4)NC(=S)N3c3ccc(N(C)C)cc3)c2C)c(C)c1. The maximum Gasteiger partial charge on any atom is 0.174 e. The number of aryl methyl sites for hydroxylation is 4. The van der Waals surface area contributed by atoms with Crippen LogP contribution in [-0.4, -0.2) is 28.8 Å². The highest BCUT2D eigenvalue weighted by atomic mass is 32.1. The molecule has 190 valence electrons. The van der Waals surface area contributed by atoms with Crippen molar-refractivity contribution < 1.29 is 0 Å².